The van der Waals surface area contributed by atoms with Gasteiger partial charge in [0.05, 0.1) is 24.4 Å². The molecule has 0 aromatic heterocycles. The molecule has 4 atom stereocenters. The molecule has 0 amide bonds. The topological polar surface area (TPSA) is 91.3 Å². The molecule has 1 aliphatic heterocycles. The number of ether oxygens (including phenoxy) is 4. The van der Waals surface area contributed by atoms with E-state index in [4.69, 9.17) is 18.9 Å². The highest BCUT2D eigenvalue weighted by molar-refractivity contribution is 6.33. The van der Waals surface area contributed by atoms with Crippen molar-refractivity contribution in [2.24, 2.45) is 0 Å². The van der Waals surface area contributed by atoms with Crippen LogP contribution < -0.4 is 0 Å². The van der Waals surface area contributed by atoms with Gasteiger partial charge in [-0.3, -0.25) is 9.59 Å². The van der Waals surface area contributed by atoms with Crippen molar-refractivity contribution in [3.63, 3.8) is 0 Å². The highest BCUT2D eigenvalue weighted by Crippen LogP contribution is 2.47. The van der Waals surface area contributed by atoms with Crippen LogP contribution in [0.3, 0.4) is 0 Å². The zero-order chi connectivity index (χ0) is 24.0. The number of phenols is 1. The van der Waals surface area contributed by atoms with Gasteiger partial charge in [0.15, 0.2) is 11.6 Å². The Morgan fingerprint density at radius 2 is 1.50 bits per heavy atom. The Hall–Kier alpha value is -3.10. The van der Waals surface area contributed by atoms with E-state index in [1.807, 2.05) is 18.2 Å². The fourth-order valence-electron chi connectivity index (χ4n) is 5.33. The summed E-state index contributed by atoms with van der Waals surface area (Å²) in [6.45, 7) is 0.267. The fourth-order valence-corrected chi connectivity index (χ4v) is 5.33. The number of methoxy groups -OCH3 is 3. The molecule has 0 spiro atoms. The predicted molar refractivity (Wildman–Crippen MR) is 125 cm³/mol. The van der Waals surface area contributed by atoms with E-state index in [1.54, 1.807) is 51.7 Å². The van der Waals surface area contributed by atoms with Crippen LogP contribution in [0.2, 0.25) is 0 Å². The molecule has 0 unspecified atom stereocenters. The van der Waals surface area contributed by atoms with Gasteiger partial charge in [-0.15, -0.1) is 0 Å². The number of carbonyl (C=O) groups is 2. The summed E-state index contributed by atoms with van der Waals surface area (Å²) < 4.78 is 23.1. The SMILES string of the molecule is COC[C@H]1O[C@@H](c2c(O)c3c(c4ccccc24)C(=O)c2ccccc2C3=O)C[C@@H](OC)[C@@H]1OC. The molecule has 1 aliphatic carbocycles. The number of hydrogen-bond acceptors (Lipinski definition) is 7. The molecule has 0 bridgehead atoms. The number of aromatic hydroxyl groups is 1. The van der Waals surface area contributed by atoms with Crippen molar-refractivity contribution in [2.75, 3.05) is 27.9 Å². The molecule has 176 valence electrons. The zero-order valence-electron chi connectivity index (χ0n) is 19.2. The quantitative estimate of drug-likeness (QED) is 0.482. The first kappa shape index (κ1) is 22.7. The first-order valence-electron chi connectivity index (χ1n) is 11.2. The fraction of sp³-hybridized carbons (Fsp3) is 0.333. The van der Waals surface area contributed by atoms with Gasteiger partial charge in [0.2, 0.25) is 0 Å². The van der Waals surface area contributed by atoms with Crippen LogP contribution in [0, 0.1) is 0 Å². The molecule has 2 aliphatic rings. The molecule has 1 fully saturated rings. The van der Waals surface area contributed by atoms with Crippen molar-refractivity contribution in [1.29, 1.82) is 0 Å². The van der Waals surface area contributed by atoms with E-state index >= 15 is 0 Å². The number of rotatable bonds is 5. The Bertz CT molecular complexity index is 1280. The van der Waals surface area contributed by atoms with Gasteiger partial charge in [-0.25, -0.2) is 0 Å². The molecule has 7 nitrogen and oxygen atoms in total. The Balaban J connectivity index is 1.73. The first-order chi connectivity index (χ1) is 16.5. The second-order valence-electron chi connectivity index (χ2n) is 8.59. The molecular formula is C27H26O7. The molecule has 0 radical (unpaired) electrons. The summed E-state index contributed by atoms with van der Waals surface area (Å²) in [6.07, 6.45) is -1.35. The van der Waals surface area contributed by atoms with Crippen molar-refractivity contribution >= 4 is 22.3 Å². The second kappa shape index (κ2) is 8.92. The Kier molecular flexibility index (Phi) is 5.95. The molecule has 7 heteroatoms. The lowest BCUT2D eigenvalue weighted by Crippen LogP contribution is -2.49. The van der Waals surface area contributed by atoms with Crippen LogP contribution >= 0.6 is 0 Å². The predicted octanol–water partition coefficient (Wildman–Crippen LogP) is 3.83. The van der Waals surface area contributed by atoms with E-state index < -0.39 is 12.2 Å². The largest absolute Gasteiger partial charge is 0.507 e. The summed E-state index contributed by atoms with van der Waals surface area (Å²) in [5.41, 5.74) is 1.34. The maximum Gasteiger partial charge on any atom is 0.198 e. The first-order valence-corrected chi connectivity index (χ1v) is 11.2. The molecule has 1 heterocycles. The van der Waals surface area contributed by atoms with E-state index in [-0.39, 0.29) is 52.8 Å². The third-order valence-corrected chi connectivity index (χ3v) is 6.85. The minimum atomic E-state index is -0.605. The van der Waals surface area contributed by atoms with E-state index in [0.29, 0.717) is 28.3 Å². The van der Waals surface area contributed by atoms with Gasteiger partial charge in [0, 0.05) is 50.0 Å². The van der Waals surface area contributed by atoms with Gasteiger partial charge < -0.3 is 24.1 Å². The van der Waals surface area contributed by atoms with Crippen LogP contribution in [-0.4, -0.2) is 62.9 Å². The van der Waals surface area contributed by atoms with E-state index in [0.717, 1.165) is 0 Å². The summed E-state index contributed by atoms with van der Waals surface area (Å²) in [5.74, 6) is -0.884. The zero-order valence-corrected chi connectivity index (χ0v) is 19.2. The van der Waals surface area contributed by atoms with E-state index in [1.165, 1.54) is 0 Å². The Morgan fingerprint density at radius 1 is 0.882 bits per heavy atom. The van der Waals surface area contributed by atoms with Crippen molar-refractivity contribution in [1.82, 2.24) is 0 Å². The number of carbonyl (C=O) groups excluding carboxylic acids is 2. The van der Waals surface area contributed by atoms with Gasteiger partial charge in [0.25, 0.3) is 0 Å². The standard InChI is InChI=1S/C27H26O7/c1-31-13-20-27(33-3)19(32-2)12-18(34-20)21-14-8-4-5-9-15(14)22-23(26(21)30)25(29)17-11-7-6-10-16(17)24(22)28/h4-11,18-20,27,30H,12-13H2,1-3H3/t18-,19-,20-,27+/m1/s1. The van der Waals surface area contributed by atoms with Gasteiger partial charge in [-0.05, 0) is 10.8 Å². The highest BCUT2D eigenvalue weighted by atomic mass is 16.6. The number of hydrogen-bond donors (Lipinski definition) is 1. The monoisotopic (exact) mass is 462 g/mol. The number of ketones is 2. The Morgan fingerprint density at radius 3 is 2.12 bits per heavy atom. The van der Waals surface area contributed by atoms with Crippen LogP contribution in [0.1, 0.15) is 49.9 Å². The van der Waals surface area contributed by atoms with Crippen molar-refractivity contribution < 1.29 is 33.6 Å². The summed E-state index contributed by atoms with van der Waals surface area (Å²) >= 11 is 0. The average molecular weight is 462 g/mol. The smallest absolute Gasteiger partial charge is 0.198 e. The van der Waals surface area contributed by atoms with Crippen LogP contribution in [0.25, 0.3) is 10.8 Å². The number of benzene rings is 3. The summed E-state index contributed by atoms with van der Waals surface area (Å²) in [6, 6.07) is 14.0. The molecule has 3 aromatic rings. The van der Waals surface area contributed by atoms with Crippen molar-refractivity contribution in [2.45, 2.75) is 30.8 Å². The van der Waals surface area contributed by atoms with Crippen molar-refractivity contribution in [3.05, 3.63) is 76.3 Å². The van der Waals surface area contributed by atoms with Crippen molar-refractivity contribution in [3.8, 4) is 5.75 Å². The summed E-state index contributed by atoms with van der Waals surface area (Å²) in [7, 11) is 4.78. The second-order valence-corrected chi connectivity index (χ2v) is 8.59. The minimum absolute atomic E-state index is 0.0205. The Labute approximate surface area is 197 Å². The molecule has 5 rings (SSSR count). The third kappa shape index (κ3) is 3.35. The van der Waals surface area contributed by atoms with E-state index in [2.05, 4.69) is 0 Å². The van der Waals surface area contributed by atoms with Crippen LogP contribution in [0.15, 0.2) is 48.5 Å². The molecular weight excluding hydrogens is 436 g/mol. The van der Waals surface area contributed by atoms with Gasteiger partial charge >= 0.3 is 0 Å². The van der Waals surface area contributed by atoms with Crippen LogP contribution in [-0.2, 0) is 18.9 Å². The van der Waals surface area contributed by atoms with Crippen LogP contribution in [0.5, 0.6) is 5.75 Å². The van der Waals surface area contributed by atoms with Gasteiger partial charge in [-0.1, -0.05) is 48.5 Å². The number of phenolic OH excluding ortho intramolecular Hbond substituents is 1. The average Bonchev–Trinajstić information content (AvgIpc) is 2.86. The third-order valence-electron chi connectivity index (χ3n) is 6.85. The molecule has 1 N–H and O–H groups in total. The lowest BCUT2D eigenvalue weighted by Gasteiger charge is -2.41. The normalized spacial score (nSPS) is 24.2. The summed E-state index contributed by atoms with van der Waals surface area (Å²) in [4.78, 5) is 27.0. The minimum Gasteiger partial charge on any atom is -0.507 e. The number of fused-ring (bicyclic) bond motifs is 4. The maximum absolute atomic E-state index is 13.5. The lowest BCUT2D eigenvalue weighted by molar-refractivity contribution is -0.200. The molecule has 0 saturated carbocycles. The van der Waals surface area contributed by atoms with E-state index in [9.17, 15) is 14.7 Å². The maximum atomic E-state index is 13.5. The van der Waals surface area contributed by atoms with Gasteiger partial charge in [-0.2, -0.15) is 0 Å². The summed E-state index contributed by atoms with van der Waals surface area (Å²) in [5, 5.41) is 12.8. The molecule has 34 heavy (non-hydrogen) atoms. The lowest BCUT2D eigenvalue weighted by atomic mass is 9.78. The molecule has 3 aromatic carbocycles. The molecule has 1 saturated heterocycles. The van der Waals surface area contributed by atoms with Crippen LogP contribution in [0.4, 0.5) is 0 Å². The highest BCUT2D eigenvalue weighted by Gasteiger charge is 2.43. The van der Waals surface area contributed by atoms with Gasteiger partial charge in [0.1, 0.15) is 18.0 Å².